The molecule has 1 N–H and O–H groups in total. The van der Waals surface area contributed by atoms with Crippen molar-refractivity contribution in [2.45, 2.75) is 32.9 Å². The summed E-state index contributed by atoms with van der Waals surface area (Å²) < 4.78 is 8.68. The SMILES string of the molecule is CCCn1ncc(Br)c1C(NC)c1cccc(OCC)c1. The molecule has 0 aliphatic heterocycles. The second-order valence-electron chi connectivity index (χ2n) is 4.83. The fraction of sp³-hybridized carbons (Fsp3) is 0.438. The Kier molecular flexibility index (Phi) is 5.82. The van der Waals surface area contributed by atoms with E-state index in [1.54, 1.807) is 0 Å². The molecule has 0 saturated heterocycles. The molecule has 2 aromatic rings. The number of aromatic nitrogens is 2. The highest BCUT2D eigenvalue weighted by atomic mass is 79.9. The number of aryl methyl sites for hydroxylation is 1. The van der Waals surface area contributed by atoms with Gasteiger partial charge in [-0.1, -0.05) is 19.1 Å². The molecule has 1 aromatic carbocycles. The molecule has 0 bridgehead atoms. The molecule has 0 fully saturated rings. The van der Waals surface area contributed by atoms with Gasteiger partial charge in [0.05, 0.1) is 29.0 Å². The molecule has 5 heteroatoms. The van der Waals surface area contributed by atoms with Gasteiger partial charge < -0.3 is 10.1 Å². The fourth-order valence-electron chi connectivity index (χ4n) is 2.46. The molecule has 114 valence electrons. The van der Waals surface area contributed by atoms with Crippen molar-refractivity contribution in [3.8, 4) is 5.75 Å². The topological polar surface area (TPSA) is 39.1 Å². The number of benzene rings is 1. The van der Waals surface area contributed by atoms with Crippen LogP contribution in [0.5, 0.6) is 5.75 Å². The molecule has 2 rings (SSSR count). The first-order valence-corrected chi connectivity index (χ1v) is 8.11. The molecule has 1 heterocycles. The van der Waals surface area contributed by atoms with Crippen molar-refractivity contribution >= 4 is 15.9 Å². The van der Waals surface area contributed by atoms with Gasteiger partial charge in [-0.05, 0) is 54.0 Å². The average molecular weight is 352 g/mol. The largest absolute Gasteiger partial charge is 0.494 e. The third-order valence-electron chi connectivity index (χ3n) is 3.33. The maximum Gasteiger partial charge on any atom is 0.119 e. The monoisotopic (exact) mass is 351 g/mol. The van der Waals surface area contributed by atoms with Crippen LogP contribution in [0.25, 0.3) is 0 Å². The third kappa shape index (κ3) is 3.66. The van der Waals surface area contributed by atoms with E-state index in [4.69, 9.17) is 4.74 Å². The van der Waals surface area contributed by atoms with E-state index < -0.39 is 0 Å². The number of nitrogens with one attached hydrogen (secondary N) is 1. The lowest BCUT2D eigenvalue weighted by Gasteiger charge is -2.20. The first kappa shape index (κ1) is 16.0. The van der Waals surface area contributed by atoms with Gasteiger partial charge in [0.15, 0.2) is 0 Å². The molecule has 0 aliphatic rings. The minimum atomic E-state index is 0.0776. The number of halogens is 1. The van der Waals surface area contributed by atoms with Gasteiger partial charge in [0.25, 0.3) is 0 Å². The Morgan fingerprint density at radius 3 is 2.86 bits per heavy atom. The van der Waals surface area contributed by atoms with E-state index in [0.29, 0.717) is 6.61 Å². The number of hydrogen-bond donors (Lipinski definition) is 1. The van der Waals surface area contributed by atoms with Crippen LogP contribution in [0.3, 0.4) is 0 Å². The molecule has 1 unspecified atom stereocenters. The van der Waals surface area contributed by atoms with Crippen molar-refractivity contribution in [2.75, 3.05) is 13.7 Å². The summed E-state index contributed by atoms with van der Waals surface area (Å²) in [5.74, 6) is 0.896. The molecule has 0 aliphatic carbocycles. The van der Waals surface area contributed by atoms with Crippen molar-refractivity contribution in [3.63, 3.8) is 0 Å². The maximum atomic E-state index is 5.60. The van der Waals surface area contributed by atoms with E-state index in [9.17, 15) is 0 Å². The standard InChI is InChI=1S/C16H22BrN3O/c1-4-9-20-16(14(17)11-19-20)15(18-3)12-7-6-8-13(10-12)21-5-2/h6-8,10-11,15,18H,4-5,9H2,1-3H3. The molecule has 1 atom stereocenters. The average Bonchev–Trinajstić information content (AvgIpc) is 2.83. The fourth-order valence-corrected chi connectivity index (χ4v) is 2.99. The van der Waals surface area contributed by atoms with E-state index in [2.05, 4.69) is 50.1 Å². The number of nitrogens with zero attached hydrogens (tertiary/aromatic N) is 2. The summed E-state index contributed by atoms with van der Waals surface area (Å²) in [5, 5.41) is 7.84. The van der Waals surface area contributed by atoms with E-state index >= 15 is 0 Å². The molecule has 1 aromatic heterocycles. The first-order chi connectivity index (χ1) is 10.2. The van der Waals surface area contributed by atoms with E-state index in [1.807, 2.05) is 32.3 Å². The van der Waals surface area contributed by atoms with Gasteiger partial charge in [-0.2, -0.15) is 5.10 Å². The molecule has 0 saturated carbocycles. The van der Waals surface area contributed by atoms with Gasteiger partial charge >= 0.3 is 0 Å². The van der Waals surface area contributed by atoms with E-state index in [0.717, 1.165) is 28.9 Å². The first-order valence-electron chi connectivity index (χ1n) is 7.32. The van der Waals surface area contributed by atoms with Gasteiger partial charge in [-0.15, -0.1) is 0 Å². The molecular weight excluding hydrogens is 330 g/mol. The van der Waals surface area contributed by atoms with Crippen LogP contribution in [-0.2, 0) is 6.54 Å². The summed E-state index contributed by atoms with van der Waals surface area (Å²) in [6.45, 7) is 5.73. The molecule has 0 spiro atoms. The van der Waals surface area contributed by atoms with Gasteiger partial charge in [-0.3, -0.25) is 4.68 Å². The zero-order valence-corrected chi connectivity index (χ0v) is 14.4. The molecule has 21 heavy (non-hydrogen) atoms. The van der Waals surface area contributed by atoms with Gasteiger partial charge in [0, 0.05) is 6.54 Å². The van der Waals surface area contributed by atoms with Crippen molar-refractivity contribution in [2.24, 2.45) is 0 Å². The Morgan fingerprint density at radius 2 is 2.19 bits per heavy atom. The Hall–Kier alpha value is -1.33. The molecule has 0 amide bonds. The van der Waals surface area contributed by atoms with Crippen LogP contribution < -0.4 is 10.1 Å². The summed E-state index contributed by atoms with van der Waals surface area (Å²) in [4.78, 5) is 0. The minimum Gasteiger partial charge on any atom is -0.494 e. The van der Waals surface area contributed by atoms with Gasteiger partial charge in [0.1, 0.15) is 5.75 Å². The third-order valence-corrected chi connectivity index (χ3v) is 3.94. The number of ether oxygens (including phenoxy) is 1. The summed E-state index contributed by atoms with van der Waals surface area (Å²) in [6.07, 6.45) is 2.91. The van der Waals surface area contributed by atoms with Crippen molar-refractivity contribution in [1.82, 2.24) is 15.1 Å². The second-order valence-corrected chi connectivity index (χ2v) is 5.68. The van der Waals surface area contributed by atoms with Crippen molar-refractivity contribution in [3.05, 3.63) is 46.2 Å². The van der Waals surface area contributed by atoms with Crippen LogP contribution in [0.2, 0.25) is 0 Å². The van der Waals surface area contributed by atoms with Crippen LogP contribution in [0.15, 0.2) is 34.9 Å². The predicted octanol–water partition coefficient (Wildman–Crippen LogP) is 3.76. The van der Waals surface area contributed by atoms with Gasteiger partial charge in [-0.25, -0.2) is 0 Å². The second kappa shape index (κ2) is 7.61. The molecule has 4 nitrogen and oxygen atoms in total. The summed E-state index contributed by atoms with van der Waals surface area (Å²) >= 11 is 3.62. The van der Waals surface area contributed by atoms with Gasteiger partial charge in [0.2, 0.25) is 0 Å². The Bertz CT molecular complexity index is 583. The Labute approximate surface area is 134 Å². The van der Waals surface area contributed by atoms with Crippen molar-refractivity contribution < 1.29 is 4.74 Å². The smallest absolute Gasteiger partial charge is 0.119 e. The normalized spacial score (nSPS) is 12.4. The predicted molar refractivity (Wildman–Crippen MR) is 88.7 cm³/mol. The summed E-state index contributed by atoms with van der Waals surface area (Å²) in [7, 11) is 1.97. The van der Waals surface area contributed by atoms with E-state index in [-0.39, 0.29) is 6.04 Å². The highest BCUT2D eigenvalue weighted by molar-refractivity contribution is 9.10. The number of rotatable bonds is 7. The van der Waals surface area contributed by atoms with Crippen LogP contribution >= 0.6 is 15.9 Å². The quantitative estimate of drug-likeness (QED) is 0.825. The molecular formula is C16H22BrN3O. The zero-order chi connectivity index (χ0) is 15.2. The van der Waals surface area contributed by atoms with Crippen LogP contribution in [-0.4, -0.2) is 23.4 Å². The van der Waals surface area contributed by atoms with Crippen molar-refractivity contribution in [1.29, 1.82) is 0 Å². The highest BCUT2D eigenvalue weighted by Crippen LogP contribution is 2.30. The number of hydrogen-bond acceptors (Lipinski definition) is 3. The maximum absolute atomic E-state index is 5.60. The van der Waals surface area contributed by atoms with Crippen LogP contribution in [0.4, 0.5) is 0 Å². The lowest BCUT2D eigenvalue weighted by atomic mass is 10.0. The lowest BCUT2D eigenvalue weighted by molar-refractivity contribution is 0.339. The van der Waals surface area contributed by atoms with Crippen LogP contribution in [0.1, 0.15) is 37.6 Å². The summed E-state index contributed by atoms with van der Waals surface area (Å²) in [5.41, 5.74) is 2.31. The Balaban J connectivity index is 2.39. The highest BCUT2D eigenvalue weighted by Gasteiger charge is 2.20. The zero-order valence-electron chi connectivity index (χ0n) is 12.8. The van der Waals surface area contributed by atoms with Crippen LogP contribution in [0, 0.1) is 0 Å². The minimum absolute atomic E-state index is 0.0776. The summed E-state index contributed by atoms with van der Waals surface area (Å²) in [6, 6.07) is 8.28. The molecule has 0 radical (unpaired) electrons. The Morgan fingerprint density at radius 1 is 1.38 bits per heavy atom. The lowest BCUT2D eigenvalue weighted by Crippen LogP contribution is -2.22. The van der Waals surface area contributed by atoms with E-state index in [1.165, 1.54) is 5.56 Å².